The lowest BCUT2D eigenvalue weighted by atomic mass is 10.2. The third kappa shape index (κ3) is 4.22. The molecule has 0 saturated carbocycles. The molecule has 0 radical (unpaired) electrons. The number of hydrogen-bond donors (Lipinski definition) is 3. The van der Waals surface area contributed by atoms with E-state index in [2.05, 4.69) is 25.6 Å². The number of anilines is 2. The molecule has 0 aliphatic heterocycles. The van der Waals surface area contributed by atoms with Gasteiger partial charge in [-0.2, -0.15) is 4.99 Å². The Bertz CT molecular complexity index is 988. The number of nitrogens with zero attached hydrogens (tertiary/aromatic N) is 3. The average Bonchev–Trinajstić information content (AvgIpc) is 2.61. The number of aromatic nitrogens is 2. The van der Waals surface area contributed by atoms with Gasteiger partial charge < -0.3 is 15.8 Å². The molecule has 0 spiro atoms. The number of ether oxygens (including phenoxy) is 1. The van der Waals surface area contributed by atoms with Crippen LogP contribution in [0, 0.1) is 6.92 Å². The van der Waals surface area contributed by atoms with E-state index in [4.69, 9.17) is 22.7 Å². The number of fused-ring (bicyclic) bond motifs is 1. The molecule has 0 bridgehead atoms. The largest absolute Gasteiger partial charge is 0.497 e. The van der Waals surface area contributed by atoms with Crippen LogP contribution in [0.4, 0.5) is 11.6 Å². The highest BCUT2D eigenvalue weighted by molar-refractivity contribution is 7.80. The second-order valence-electron chi connectivity index (χ2n) is 5.43. The van der Waals surface area contributed by atoms with Crippen molar-refractivity contribution in [3.05, 3.63) is 54.2 Å². The Labute approximate surface area is 156 Å². The quantitative estimate of drug-likeness (QED) is 0.372. The lowest BCUT2D eigenvalue weighted by Gasteiger charge is -2.09. The van der Waals surface area contributed by atoms with Crippen LogP contribution in [-0.4, -0.2) is 28.1 Å². The normalized spacial score (nSPS) is 11.2. The summed E-state index contributed by atoms with van der Waals surface area (Å²) in [6, 6.07) is 15.1. The fourth-order valence-electron chi connectivity index (χ4n) is 2.40. The summed E-state index contributed by atoms with van der Waals surface area (Å²) < 4.78 is 5.17. The maximum absolute atomic E-state index is 5.92. The molecule has 0 unspecified atom stereocenters. The highest BCUT2D eigenvalue weighted by Crippen LogP contribution is 2.17. The zero-order chi connectivity index (χ0) is 18.5. The van der Waals surface area contributed by atoms with Crippen LogP contribution in [0.1, 0.15) is 5.69 Å². The van der Waals surface area contributed by atoms with Crippen molar-refractivity contribution in [1.82, 2.24) is 9.97 Å². The van der Waals surface area contributed by atoms with Crippen LogP contribution in [0.3, 0.4) is 0 Å². The number of nitrogens with one attached hydrogen (secondary N) is 2. The molecule has 0 aliphatic rings. The van der Waals surface area contributed by atoms with Gasteiger partial charge in [0.05, 0.1) is 18.3 Å². The second kappa shape index (κ2) is 7.75. The number of thiocarbonyl (C=S) groups is 1. The van der Waals surface area contributed by atoms with Crippen molar-refractivity contribution in [2.45, 2.75) is 6.92 Å². The highest BCUT2D eigenvalue weighted by atomic mass is 32.1. The topological polar surface area (TPSA) is 97.5 Å². The minimum Gasteiger partial charge on any atom is -0.497 e. The van der Waals surface area contributed by atoms with E-state index in [1.54, 1.807) is 13.2 Å². The van der Waals surface area contributed by atoms with E-state index in [0.29, 0.717) is 11.7 Å². The van der Waals surface area contributed by atoms with E-state index in [1.165, 1.54) is 0 Å². The predicted molar refractivity (Wildman–Crippen MR) is 109 cm³/mol. The summed E-state index contributed by atoms with van der Waals surface area (Å²) in [6.45, 7) is 1.91. The van der Waals surface area contributed by atoms with E-state index in [-0.39, 0.29) is 11.1 Å². The number of methoxy groups -OCH3 is 1. The first-order chi connectivity index (χ1) is 12.5. The van der Waals surface area contributed by atoms with Gasteiger partial charge in [0, 0.05) is 17.1 Å². The van der Waals surface area contributed by atoms with Crippen molar-refractivity contribution < 1.29 is 4.74 Å². The van der Waals surface area contributed by atoms with Crippen LogP contribution in [0.2, 0.25) is 0 Å². The molecule has 7 nitrogen and oxygen atoms in total. The van der Waals surface area contributed by atoms with Gasteiger partial charge in [-0.05, 0) is 37.3 Å². The Kier molecular flexibility index (Phi) is 5.23. The molecule has 1 heterocycles. The van der Waals surface area contributed by atoms with Crippen molar-refractivity contribution in [2.75, 3.05) is 17.7 Å². The smallest absolute Gasteiger partial charge is 0.230 e. The van der Waals surface area contributed by atoms with E-state index in [0.717, 1.165) is 22.3 Å². The first-order valence-corrected chi connectivity index (χ1v) is 8.25. The molecule has 26 heavy (non-hydrogen) atoms. The molecule has 2 aromatic carbocycles. The van der Waals surface area contributed by atoms with Crippen LogP contribution in [0.25, 0.3) is 10.9 Å². The summed E-state index contributed by atoms with van der Waals surface area (Å²) >= 11 is 5.21. The number of benzene rings is 2. The maximum atomic E-state index is 5.92. The van der Waals surface area contributed by atoms with Crippen LogP contribution in [0.15, 0.2) is 53.5 Å². The third-order valence-corrected chi connectivity index (χ3v) is 3.77. The van der Waals surface area contributed by atoms with Gasteiger partial charge in [0.15, 0.2) is 0 Å². The van der Waals surface area contributed by atoms with Crippen molar-refractivity contribution in [2.24, 2.45) is 10.7 Å². The molecule has 3 rings (SSSR count). The number of para-hydroxylation sites is 1. The number of rotatable bonds is 3. The van der Waals surface area contributed by atoms with Gasteiger partial charge in [-0.3, -0.25) is 5.32 Å². The zero-order valence-electron chi connectivity index (χ0n) is 14.4. The minimum atomic E-state index is 0.0973. The van der Waals surface area contributed by atoms with Crippen LogP contribution < -0.4 is 21.1 Å². The van der Waals surface area contributed by atoms with Crippen molar-refractivity contribution >= 4 is 45.8 Å². The van der Waals surface area contributed by atoms with Crippen molar-refractivity contribution in [1.29, 1.82) is 0 Å². The molecule has 0 saturated heterocycles. The molecule has 4 N–H and O–H groups in total. The Balaban J connectivity index is 1.72. The van der Waals surface area contributed by atoms with E-state index >= 15 is 0 Å². The number of nitrogens with two attached hydrogens (primary N) is 1. The van der Waals surface area contributed by atoms with Crippen LogP contribution in [0.5, 0.6) is 5.75 Å². The number of guanidine groups is 1. The summed E-state index contributed by atoms with van der Waals surface area (Å²) in [4.78, 5) is 12.9. The zero-order valence-corrected chi connectivity index (χ0v) is 15.2. The van der Waals surface area contributed by atoms with Gasteiger partial charge in [-0.15, -0.1) is 0 Å². The molecule has 3 aromatic rings. The lowest BCUT2D eigenvalue weighted by molar-refractivity contribution is 0.415. The molecule has 1 aromatic heterocycles. The Hall–Kier alpha value is -3.26. The van der Waals surface area contributed by atoms with Gasteiger partial charge in [0.25, 0.3) is 0 Å². The maximum Gasteiger partial charge on any atom is 0.230 e. The standard InChI is InChI=1S/C18H18N6OS/c1-11-14-8-3-4-9-15(14)22-17(20-11)23-16(19)24-18(26)21-12-6-5-7-13(10-12)25-2/h3-10H,1-2H3,(H4,19,20,21,22,23,24,26). The average molecular weight is 366 g/mol. The van der Waals surface area contributed by atoms with E-state index < -0.39 is 0 Å². The SMILES string of the molecule is COc1cccc(NC(=S)/N=C(\N)Nc2nc(C)c3ccccc3n2)c1. The molecule has 0 aliphatic carbocycles. The molecule has 0 amide bonds. The van der Waals surface area contributed by atoms with Crippen molar-refractivity contribution in [3.63, 3.8) is 0 Å². The molecule has 8 heteroatoms. The first kappa shape index (κ1) is 17.6. The van der Waals surface area contributed by atoms with Crippen LogP contribution in [-0.2, 0) is 0 Å². The second-order valence-corrected chi connectivity index (χ2v) is 5.82. The summed E-state index contributed by atoms with van der Waals surface area (Å²) in [6.07, 6.45) is 0. The molecular formula is C18H18N6OS. The van der Waals surface area contributed by atoms with Gasteiger partial charge >= 0.3 is 0 Å². The predicted octanol–water partition coefficient (Wildman–Crippen LogP) is 3.07. The lowest BCUT2D eigenvalue weighted by Crippen LogP contribution is -2.26. The summed E-state index contributed by atoms with van der Waals surface area (Å²) in [7, 11) is 1.60. The summed E-state index contributed by atoms with van der Waals surface area (Å²) in [5, 5.41) is 7.04. The number of aliphatic imine (C=N–C) groups is 1. The van der Waals surface area contributed by atoms with Gasteiger partial charge in [-0.25, -0.2) is 9.97 Å². The van der Waals surface area contributed by atoms with E-state index in [1.807, 2.05) is 49.4 Å². The van der Waals surface area contributed by atoms with Gasteiger partial charge in [0.1, 0.15) is 5.75 Å². The molecule has 0 atom stereocenters. The van der Waals surface area contributed by atoms with Crippen molar-refractivity contribution in [3.8, 4) is 5.75 Å². The first-order valence-electron chi connectivity index (χ1n) is 7.85. The number of aryl methyl sites for hydroxylation is 1. The van der Waals surface area contributed by atoms with Gasteiger partial charge in [-0.1, -0.05) is 24.3 Å². The molecule has 132 valence electrons. The fraction of sp³-hybridized carbons (Fsp3) is 0.111. The van der Waals surface area contributed by atoms with Gasteiger partial charge in [0.2, 0.25) is 17.0 Å². The molecule has 0 fully saturated rings. The minimum absolute atomic E-state index is 0.0973. The Morgan fingerprint density at radius 2 is 1.92 bits per heavy atom. The number of hydrogen-bond acceptors (Lipinski definition) is 4. The third-order valence-electron chi connectivity index (χ3n) is 3.58. The summed E-state index contributed by atoms with van der Waals surface area (Å²) in [5.74, 6) is 1.18. The highest BCUT2D eigenvalue weighted by Gasteiger charge is 2.06. The van der Waals surface area contributed by atoms with E-state index in [9.17, 15) is 0 Å². The van der Waals surface area contributed by atoms with Crippen LogP contribution >= 0.6 is 12.2 Å². The summed E-state index contributed by atoms with van der Waals surface area (Å²) in [5.41, 5.74) is 8.35. The Morgan fingerprint density at radius 3 is 2.73 bits per heavy atom. The molecular weight excluding hydrogens is 348 g/mol. The fourth-order valence-corrected chi connectivity index (χ4v) is 2.61. The Morgan fingerprint density at radius 1 is 1.12 bits per heavy atom. The monoisotopic (exact) mass is 366 g/mol.